The minimum atomic E-state index is -3.76. The van der Waals surface area contributed by atoms with E-state index in [4.69, 9.17) is 5.73 Å². The van der Waals surface area contributed by atoms with Crippen molar-refractivity contribution in [3.8, 4) is 0 Å². The highest BCUT2D eigenvalue weighted by Crippen LogP contribution is 2.32. The van der Waals surface area contributed by atoms with Crippen molar-refractivity contribution in [1.29, 1.82) is 0 Å². The van der Waals surface area contributed by atoms with E-state index in [1.807, 2.05) is 13.8 Å². The van der Waals surface area contributed by atoms with Crippen molar-refractivity contribution in [3.63, 3.8) is 0 Å². The normalized spacial score (nSPS) is 23.9. The van der Waals surface area contributed by atoms with Crippen molar-refractivity contribution in [2.45, 2.75) is 50.1 Å². The van der Waals surface area contributed by atoms with Crippen LogP contribution >= 0.6 is 0 Å². The van der Waals surface area contributed by atoms with Crippen molar-refractivity contribution in [2.75, 3.05) is 5.73 Å². The zero-order chi connectivity index (χ0) is 15.8. The molecule has 1 aromatic carbocycles. The van der Waals surface area contributed by atoms with Gasteiger partial charge in [-0.2, -0.15) is 4.31 Å². The Balaban J connectivity index is 2.48. The van der Waals surface area contributed by atoms with Gasteiger partial charge in [0.05, 0.1) is 9.82 Å². The van der Waals surface area contributed by atoms with Gasteiger partial charge in [0.2, 0.25) is 10.0 Å². The third kappa shape index (κ3) is 2.86. The summed E-state index contributed by atoms with van der Waals surface area (Å²) in [6.07, 6.45) is 2.57. The number of nitrogen functional groups attached to an aromatic ring is 1. The maximum absolute atomic E-state index is 12.8. The quantitative estimate of drug-likeness (QED) is 0.522. The van der Waals surface area contributed by atoms with E-state index in [-0.39, 0.29) is 28.4 Å². The van der Waals surface area contributed by atoms with Gasteiger partial charge in [-0.3, -0.25) is 10.1 Å². The van der Waals surface area contributed by atoms with Gasteiger partial charge in [-0.05, 0) is 38.8 Å². The van der Waals surface area contributed by atoms with E-state index in [1.54, 1.807) is 0 Å². The second-order valence-electron chi connectivity index (χ2n) is 5.44. The Bertz CT molecular complexity index is 649. The number of rotatable bonds is 3. The summed E-state index contributed by atoms with van der Waals surface area (Å²) in [6, 6.07) is 3.40. The lowest BCUT2D eigenvalue weighted by Crippen LogP contribution is -2.47. The van der Waals surface area contributed by atoms with Crippen LogP contribution in [0.15, 0.2) is 23.1 Å². The highest BCUT2D eigenvalue weighted by atomic mass is 32.2. The van der Waals surface area contributed by atoms with Gasteiger partial charge in [0.25, 0.3) is 5.69 Å². The van der Waals surface area contributed by atoms with Crippen LogP contribution in [0.25, 0.3) is 0 Å². The zero-order valence-electron chi connectivity index (χ0n) is 12.0. The molecule has 0 bridgehead atoms. The molecule has 8 heteroatoms. The Labute approximate surface area is 123 Å². The maximum atomic E-state index is 12.8. The summed E-state index contributed by atoms with van der Waals surface area (Å²) in [5.74, 6) is 0. The van der Waals surface area contributed by atoms with Crippen LogP contribution in [0.2, 0.25) is 0 Å². The van der Waals surface area contributed by atoms with Gasteiger partial charge < -0.3 is 5.73 Å². The standard InChI is InChI=1S/C13H19N3O4S/c1-9-4-3-5-10(2)15(9)21(19,20)11-6-7-12(14)13(8-11)16(17)18/h6-10H,3-5,14H2,1-2H3. The summed E-state index contributed by atoms with van der Waals surface area (Å²) in [6.45, 7) is 3.72. The Kier molecular flexibility index (Phi) is 4.20. The largest absolute Gasteiger partial charge is 0.393 e. The molecule has 2 rings (SSSR count). The molecule has 2 N–H and O–H groups in total. The predicted octanol–water partition coefficient (Wildman–Crippen LogP) is 2.13. The van der Waals surface area contributed by atoms with E-state index in [2.05, 4.69) is 0 Å². The van der Waals surface area contributed by atoms with Crippen LogP contribution in [-0.4, -0.2) is 29.7 Å². The van der Waals surface area contributed by atoms with Crippen LogP contribution in [0, 0.1) is 10.1 Å². The number of benzene rings is 1. The molecule has 1 heterocycles. The lowest BCUT2D eigenvalue weighted by Gasteiger charge is -2.37. The van der Waals surface area contributed by atoms with Crippen molar-refractivity contribution in [1.82, 2.24) is 4.31 Å². The Morgan fingerprint density at radius 3 is 2.38 bits per heavy atom. The van der Waals surface area contributed by atoms with Crippen LogP contribution in [0.1, 0.15) is 33.1 Å². The molecule has 0 amide bonds. The molecule has 1 aliphatic heterocycles. The van der Waals surface area contributed by atoms with Gasteiger partial charge >= 0.3 is 0 Å². The summed E-state index contributed by atoms with van der Waals surface area (Å²) < 4.78 is 27.0. The third-order valence-electron chi connectivity index (χ3n) is 3.89. The molecule has 7 nitrogen and oxygen atoms in total. The highest BCUT2D eigenvalue weighted by Gasteiger charge is 2.36. The van der Waals surface area contributed by atoms with Crippen LogP contribution in [0.5, 0.6) is 0 Å². The van der Waals surface area contributed by atoms with E-state index in [0.29, 0.717) is 0 Å². The Morgan fingerprint density at radius 1 is 1.29 bits per heavy atom. The minimum Gasteiger partial charge on any atom is -0.393 e. The summed E-state index contributed by atoms with van der Waals surface area (Å²) in [7, 11) is -3.76. The predicted molar refractivity (Wildman–Crippen MR) is 79.3 cm³/mol. The lowest BCUT2D eigenvalue weighted by molar-refractivity contribution is -0.384. The zero-order valence-corrected chi connectivity index (χ0v) is 12.8. The number of piperidine rings is 1. The van der Waals surface area contributed by atoms with Gasteiger partial charge in [-0.25, -0.2) is 8.42 Å². The first-order valence-corrected chi connectivity index (χ1v) is 8.26. The van der Waals surface area contributed by atoms with E-state index in [9.17, 15) is 18.5 Å². The molecule has 0 saturated carbocycles. The molecule has 116 valence electrons. The average Bonchev–Trinajstić information content (AvgIpc) is 2.38. The Morgan fingerprint density at radius 2 is 1.86 bits per heavy atom. The van der Waals surface area contributed by atoms with Crippen molar-refractivity contribution < 1.29 is 13.3 Å². The molecule has 0 aromatic heterocycles. The topological polar surface area (TPSA) is 107 Å². The molecule has 1 fully saturated rings. The molecule has 21 heavy (non-hydrogen) atoms. The average molecular weight is 313 g/mol. The summed E-state index contributed by atoms with van der Waals surface area (Å²) in [5, 5.41) is 10.9. The third-order valence-corrected chi connectivity index (χ3v) is 6.01. The molecule has 0 spiro atoms. The molecular formula is C13H19N3O4S. The monoisotopic (exact) mass is 313 g/mol. The van der Waals surface area contributed by atoms with Gasteiger partial charge in [0, 0.05) is 18.2 Å². The van der Waals surface area contributed by atoms with E-state index in [1.165, 1.54) is 16.4 Å². The first kappa shape index (κ1) is 15.7. The van der Waals surface area contributed by atoms with Crippen molar-refractivity contribution >= 4 is 21.4 Å². The second-order valence-corrected chi connectivity index (χ2v) is 7.28. The first-order valence-electron chi connectivity index (χ1n) is 6.82. The number of nitrogens with two attached hydrogens (primary N) is 1. The Hall–Kier alpha value is -1.67. The van der Waals surface area contributed by atoms with Crippen LogP contribution in [-0.2, 0) is 10.0 Å². The number of nitro benzene ring substituents is 1. The smallest absolute Gasteiger partial charge is 0.293 e. The van der Waals surface area contributed by atoms with Crippen LogP contribution in [0.3, 0.4) is 0 Å². The maximum Gasteiger partial charge on any atom is 0.293 e. The summed E-state index contributed by atoms with van der Waals surface area (Å²) in [4.78, 5) is 10.2. The summed E-state index contributed by atoms with van der Waals surface area (Å²) in [5.41, 5.74) is 5.09. The highest BCUT2D eigenvalue weighted by molar-refractivity contribution is 7.89. The van der Waals surface area contributed by atoms with Gasteiger partial charge in [-0.1, -0.05) is 6.42 Å². The summed E-state index contributed by atoms with van der Waals surface area (Å²) >= 11 is 0. The lowest BCUT2D eigenvalue weighted by atomic mass is 10.0. The SMILES string of the molecule is CC1CCCC(C)N1S(=O)(=O)c1ccc(N)c([N+](=O)[O-])c1. The number of hydrogen-bond acceptors (Lipinski definition) is 5. The van der Waals surface area contributed by atoms with E-state index < -0.39 is 14.9 Å². The van der Waals surface area contributed by atoms with E-state index >= 15 is 0 Å². The minimum absolute atomic E-state index is 0.0429. The van der Waals surface area contributed by atoms with Gasteiger partial charge in [0.15, 0.2) is 0 Å². The van der Waals surface area contributed by atoms with Crippen LogP contribution in [0.4, 0.5) is 11.4 Å². The fourth-order valence-corrected chi connectivity index (χ4v) is 4.74. The number of nitrogens with zero attached hydrogens (tertiary/aromatic N) is 2. The number of sulfonamides is 1. The molecule has 1 aliphatic rings. The molecule has 1 aromatic rings. The molecule has 1 saturated heterocycles. The second kappa shape index (κ2) is 5.61. The molecule has 0 radical (unpaired) electrons. The van der Waals surface area contributed by atoms with Crippen LogP contribution < -0.4 is 5.73 Å². The number of hydrogen-bond donors (Lipinski definition) is 1. The van der Waals surface area contributed by atoms with Gasteiger partial charge in [0.1, 0.15) is 5.69 Å². The van der Waals surface area contributed by atoms with Crippen molar-refractivity contribution in [3.05, 3.63) is 28.3 Å². The molecular weight excluding hydrogens is 294 g/mol. The van der Waals surface area contributed by atoms with Crippen molar-refractivity contribution in [2.24, 2.45) is 0 Å². The van der Waals surface area contributed by atoms with E-state index in [0.717, 1.165) is 25.3 Å². The number of nitro groups is 1. The molecule has 2 unspecified atom stereocenters. The van der Waals surface area contributed by atoms with Gasteiger partial charge in [-0.15, -0.1) is 0 Å². The first-order chi connectivity index (χ1) is 9.75. The number of anilines is 1. The molecule has 2 atom stereocenters. The molecule has 0 aliphatic carbocycles. The fraction of sp³-hybridized carbons (Fsp3) is 0.538. The fourth-order valence-electron chi connectivity index (χ4n) is 2.84.